The van der Waals surface area contributed by atoms with Gasteiger partial charge in [-0.1, -0.05) is 6.08 Å². The largest absolute Gasteiger partial charge is 0.493 e. The number of fused-ring (bicyclic) bond motifs is 2. The van der Waals surface area contributed by atoms with Gasteiger partial charge in [0.2, 0.25) is 0 Å². The fourth-order valence-electron chi connectivity index (χ4n) is 3.33. The van der Waals surface area contributed by atoms with Crippen molar-refractivity contribution in [1.29, 1.82) is 0 Å². The van der Waals surface area contributed by atoms with E-state index in [9.17, 15) is 0 Å². The van der Waals surface area contributed by atoms with Crippen molar-refractivity contribution in [2.24, 2.45) is 0 Å². The first-order valence-electron chi connectivity index (χ1n) is 7.13. The lowest BCUT2D eigenvalue weighted by atomic mass is 10.0. The Hall–Kier alpha value is -1.68. The minimum Gasteiger partial charge on any atom is -0.493 e. The molecule has 0 bridgehead atoms. The summed E-state index contributed by atoms with van der Waals surface area (Å²) in [5.41, 5.74) is 1.39. The smallest absolute Gasteiger partial charge is 0.161 e. The minimum atomic E-state index is 0.376. The molecule has 1 saturated heterocycles. The number of hydrazine groups is 1. The summed E-state index contributed by atoms with van der Waals surface area (Å²) in [5.74, 6) is 1.60. The van der Waals surface area contributed by atoms with Crippen LogP contribution >= 0.6 is 0 Å². The Bertz CT molecular complexity index is 639. The van der Waals surface area contributed by atoms with Crippen LogP contribution in [0.25, 0.3) is 11.8 Å². The van der Waals surface area contributed by atoms with Crippen LogP contribution in [0, 0.1) is 0 Å². The van der Waals surface area contributed by atoms with Crippen molar-refractivity contribution in [3.05, 3.63) is 22.6 Å². The van der Waals surface area contributed by atoms with Gasteiger partial charge in [0.25, 0.3) is 0 Å². The van der Waals surface area contributed by atoms with E-state index >= 15 is 0 Å². The first-order chi connectivity index (χ1) is 9.65. The molecule has 0 aliphatic carbocycles. The van der Waals surface area contributed by atoms with Crippen LogP contribution in [0.2, 0.25) is 0 Å². The third-order valence-electron chi connectivity index (χ3n) is 4.21. The third-order valence-corrected chi connectivity index (χ3v) is 4.21. The van der Waals surface area contributed by atoms with Crippen LogP contribution in [0.1, 0.15) is 19.8 Å². The van der Waals surface area contributed by atoms with Crippen LogP contribution in [-0.4, -0.2) is 43.9 Å². The summed E-state index contributed by atoms with van der Waals surface area (Å²) >= 11 is 0. The van der Waals surface area contributed by atoms with E-state index in [1.54, 1.807) is 14.2 Å². The standard InChI is InChI=1S/C16H22N2O2/c1-11-8-12-9-15(19-3)16(20-4)10-13(12)14-6-5-7-17(2)18(11)14/h8-11H,5-7H2,1-4H3. The average molecular weight is 274 g/mol. The number of nitrogens with zero attached hydrogens (tertiary/aromatic N) is 2. The second-order valence-corrected chi connectivity index (χ2v) is 5.48. The number of rotatable bonds is 2. The summed E-state index contributed by atoms with van der Waals surface area (Å²) in [4.78, 5) is 0. The third kappa shape index (κ3) is 1.95. The monoisotopic (exact) mass is 274 g/mol. The van der Waals surface area contributed by atoms with E-state index in [2.05, 4.69) is 42.2 Å². The van der Waals surface area contributed by atoms with Crippen LogP contribution in [0.4, 0.5) is 0 Å². The Kier molecular flexibility index (Phi) is 3.34. The molecule has 1 aromatic rings. The van der Waals surface area contributed by atoms with Gasteiger partial charge in [0.05, 0.1) is 20.3 Å². The van der Waals surface area contributed by atoms with Gasteiger partial charge in [-0.3, -0.25) is 0 Å². The highest BCUT2D eigenvalue weighted by Gasteiger charge is 2.27. The molecular formula is C16H22N2O2. The molecule has 0 N–H and O–H groups in total. The molecule has 20 heavy (non-hydrogen) atoms. The lowest BCUT2D eigenvalue weighted by molar-refractivity contribution is 0.0252. The van der Waals surface area contributed by atoms with Gasteiger partial charge in [0.15, 0.2) is 11.5 Å². The second kappa shape index (κ2) is 5.02. The number of ether oxygens (including phenoxy) is 2. The number of hydrogen-bond acceptors (Lipinski definition) is 4. The summed E-state index contributed by atoms with van der Waals surface area (Å²) < 4.78 is 10.9. The maximum atomic E-state index is 5.45. The van der Waals surface area contributed by atoms with Crippen LogP contribution in [-0.2, 0) is 0 Å². The van der Waals surface area contributed by atoms with Crippen LogP contribution in [0.15, 0.2) is 12.1 Å². The zero-order chi connectivity index (χ0) is 14.3. The Labute approximate surface area is 119 Å². The predicted octanol–water partition coefficient (Wildman–Crippen LogP) is 0.937. The molecular weight excluding hydrogens is 252 g/mol. The Morgan fingerprint density at radius 2 is 1.85 bits per heavy atom. The maximum absolute atomic E-state index is 5.45. The van der Waals surface area contributed by atoms with Crippen LogP contribution in [0.3, 0.4) is 0 Å². The summed E-state index contributed by atoms with van der Waals surface area (Å²) in [6.07, 6.45) is 4.61. The van der Waals surface area contributed by atoms with Crippen molar-refractivity contribution in [3.8, 4) is 11.5 Å². The van der Waals surface area contributed by atoms with Gasteiger partial charge in [-0.15, -0.1) is 0 Å². The predicted molar refractivity (Wildman–Crippen MR) is 79.8 cm³/mol. The van der Waals surface area contributed by atoms with E-state index in [1.165, 1.54) is 22.6 Å². The summed E-state index contributed by atoms with van der Waals surface area (Å²) in [5, 5.41) is 7.24. The van der Waals surface area contributed by atoms with E-state index in [0.29, 0.717) is 6.04 Å². The van der Waals surface area contributed by atoms with Gasteiger partial charge in [0, 0.05) is 24.5 Å². The van der Waals surface area contributed by atoms with E-state index in [-0.39, 0.29) is 0 Å². The molecule has 0 radical (unpaired) electrons. The highest BCUT2D eigenvalue weighted by molar-refractivity contribution is 5.56. The molecule has 2 aliphatic rings. The first-order valence-corrected chi connectivity index (χ1v) is 7.13. The van der Waals surface area contributed by atoms with E-state index in [4.69, 9.17) is 9.47 Å². The highest BCUT2D eigenvalue weighted by atomic mass is 16.5. The number of hydrogen-bond donors (Lipinski definition) is 0. The van der Waals surface area contributed by atoms with Gasteiger partial charge in [0.1, 0.15) is 0 Å². The zero-order valence-corrected chi connectivity index (χ0v) is 12.6. The molecule has 4 heteroatoms. The van der Waals surface area contributed by atoms with Gasteiger partial charge in [-0.25, -0.2) is 5.01 Å². The van der Waals surface area contributed by atoms with Crippen molar-refractivity contribution < 1.29 is 9.47 Å². The molecule has 1 atom stereocenters. The van der Waals surface area contributed by atoms with Gasteiger partial charge in [-0.2, -0.15) is 0 Å². The molecule has 0 saturated carbocycles. The van der Waals surface area contributed by atoms with Gasteiger partial charge >= 0.3 is 0 Å². The molecule has 3 rings (SSSR count). The fourth-order valence-corrected chi connectivity index (χ4v) is 3.33. The average Bonchev–Trinajstić information content (AvgIpc) is 2.46. The second-order valence-electron chi connectivity index (χ2n) is 5.48. The van der Waals surface area contributed by atoms with E-state index in [0.717, 1.165) is 24.5 Å². The molecule has 0 amide bonds. The molecule has 1 fully saturated rings. The molecule has 1 unspecified atom stereocenters. The normalized spacial score (nSPS) is 21.9. The lowest BCUT2D eigenvalue weighted by Gasteiger charge is -2.44. The Morgan fingerprint density at radius 3 is 2.55 bits per heavy atom. The van der Waals surface area contributed by atoms with Crippen LogP contribution < -0.4 is 19.9 Å². The van der Waals surface area contributed by atoms with Gasteiger partial charge in [-0.05, 0) is 37.1 Å². The minimum absolute atomic E-state index is 0.376. The number of methoxy groups -OCH3 is 2. The molecule has 1 aromatic carbocycles. The maximum Gasteiger partial charge on any atom is 0.161 e. The summed E-state index contributed by atoms with van der Waals surface area (Å²) in [6.45, 7) is 3.35. The molecule has 2 aliphatic heterocycles. The van der Waals surface area contributed by atoms with Crippen molar-refractivity contribution in [2.75, 3.05) is 27.8 Å². The molecule has 108 valence electrons. The van der Waals surface area contributed by atoms with E-state index in [1.807, 2.05) is 0 Å². The molecule has 4 nitrogen and oxygen atoms in total. The van der Waals surface area contributed by atoms with Crippen molar-refractivity contribution in [3.63, 3.8) is 0 Å². The quantitative estimate of drug-likeness (QED) is 0.801. The van der Waals surface area contributed by atoms with E-state index < -0.39 is 0 Å². The zero-order valence-electron chi connectivity index (χ0n) is 12.6. The van der Waals surface area contributed by atoms with Crippen molar-refractivity contribution >= 4 is 11.8 Å². The van der Waals surface area contributed by atoms with Gasteiger partial charge < -0.3 is 14.5 Å². The highest BCUT2D eigenvalue weighted by Crippen LogP contribution is 2.27. The molecule has 0 aromatic heterocycles. The van der Waals surface area contributed by atoms with Crippen LogP contribution in [0.5, 0.6) is 11.5 Å². The van der Waals surface area contributed by atoms with Crippen molar-refractivity contribution in [1.82, 2.24) is 10.0 Å². The molecule has 0 spiro atoms. The lowest BCUT2D eigenvalue weighted by Crippen LogP contribution is -2.53. The summed E-state index contributed by atoms with van der Waals surface area (Å²) in [6, 6.07) is 4.57. The summed E-state index contributed by atoms with van der Waals surface area (Å²) in [7, 11) is 5.54. The number of benzene rings is 1. The fraction of sp³-hybridized carbons (Fsp3) is 0.500. The first kappa shape index (κ1) is 13.3. The molecule has 2 heterocycles. The Balaban J connectivity index is 2.27. The Morgan fingerprint density at radius 1 is 1.15 bits per heavy atom. The topological polar surface area (TPSA) is 24.9 Å². The van der Waals surface area contributed by atoms with Crippen molar-refractivity contribution in [2.45, 2.75) is 25.8 Å². The SMILES string of the molecule is COc1cc2c(cc1OC)=C1CCCN(C)N1C(C)C=2.